The number of aromatic nitrogens is 3. The highest BCUT2D eigenvalue weighted by Crippen LogP contribution is 2.32. The summed E-state index contributed by atoms with van der Waals surface area (Å²) >= 11 is 1.02. The van der Waals surface area contributed by atoms with Crippen LogP contribution in [0.4, 0.5) is 14.6 Å². The van der Waals surface area contributed by atoms with Gasteiger partial charge in [0.05, 0.1) is 25.2 Å². The van der Waals surface area contributed by atoms with Crippen LogP contribution in [0.3, 0.4) is 0 Å². The number of thioether (sulfide) groups is 1. The smallest absolute Gasteiger partial charge is 0.302 e. The van der Waals surface area contributed by atoms with Crippen molar-refractivity contribution in [1.82, 2.24) is 24.2 Å². The summed E-state index contributed by atoms with van der Waals surface area (Å²) < 4.78 is 65.7. The Morgan fingerprint density at radius 2 is 2.00 bits per heavy atom. The van der Waals surface area contributed by atoms with Crippen LogP contribution in [0.25, 0.3) is 0 Å². The molecule has 1 aliphatic heterocycles. The van der Waals surface area contributed by atoms with Gasteiger partial charge in [0.25, 0.3) is 0 Å². The molecular weight excluding hydrogens is 536 g/mol. The van der Waals surface area contributed by atoms with Crippen molar-refractivity contribution in [2.24, 2.45) is 0 Å². The molecule has 0 aliphatic carbocycles. The number of methoxy groups -OCH3 is 1. The molecule has 0 spiro atoms. The second-order valence-electron chi connectivity index (χ2n) is 8.38. The highest BCUT2D eigenvalue weighted by molar-refractivity contribution is 7.98. The number of hydrogen-bond acceptors (Lipinski definition) is 8. The highest BCUT2D eigenvalue weighted by atomic mass is 32.2. The lowest BCUT2D eigenvalue weighted by molar-refractivity contribution is 0.362. The van der Waals surface area contributed by atoms with Gasteiger partial charge in [-0.3, -0.25) is 4.72 Å². The minimum atomic E-state index is -3.95. The fourth-order valence-electron chi connectivity index (χ4n) is 3.97. The lowest BCUT2D eigenvalue weighted by Crippen LogP contribution is -2.48. The first-order valence-electron chi connectivity index (χ1n) is 11.8. The first kappa shape index (κ1) is 27.8. The molecule has 1 fully saturated rings. The van der Waals surface area contributed by atoms with Crippen molar-refractivity contribution in [2.75, 3.05) is 38.0 Å². The number of piperazine rings is 1. The second-order valence-corrected chi connectivity index (χ2v) is 11.0. The third-order valence-corrected chi connectivity index (χ3v) is 8.31. The van der Waals surface area contributed by atoms with Gasteiger partial charge in [-0.05, 0) is 18.2 Å². The summed E-state index contributed by atoms with van der Waals surface area (Å²) in [6, 6.07) is 9.72. The van der Waals surface area contributed by atoms with E-state index in [0.717, 1.165) is 23.5 Å². The first-order chi connectivity index (χ1) is 18.3. The van der Waals surface area contributed by atoms with Gasteiger partial charge >= 0.3 is 10.2 Å². The quantitative estimate of drug-likeness (QED) is 0.270. The molecule has 0 saturated carbocycles. The van der Waals surface area contributed by atoms with E-state index in [1.165, 1.54) is 23.5 Å². The fourth-order valence-corrected chi connectivity index (χ4v) is 5.99. The van der Waals surface area contributed by atoms with Crippen LogP contribution in [0.2, 0.25) is 0 Å². The van der Waals surface area contributed by atoms with Gasteiger partial charge in [0, 0.05) is 62.4 Å². The van der Waals surface area contributed by atoms with Crippen LogP contribution in [-0.4, -0.2) is 60.5 Å². The number of benzene rings is 1. The van der Waals surface area contributed by atoms with Crippen LogP contribution >= 0.6 is 11.8 Å². The maximum Gasteiger partial charge on any atom is 0.302 e. The van der Waals surface area contributed by atoms with E-state index in [9.17, 15) is 17.2 Å². The number of ether oxygens (including phenoxy) is 1. The van der Waals surface area contributed by atoms with Gasteiger partial charge in [-0.2, -0.15) is 23.0 Å². The SMILES string of the molecule is COc1nc(SCc2cccc(F)c2F)nc(NS(=O)(=O)N2CCNCC2)c1Cc1cccn1CCC#N. The summed E-state index contributed by atoms with van der Waals surface area (Å²) in [5, 5.41) is 12.2. The Hall–Kier alpha value is -3.25. The Balaban J connectivity index is 1.70. The number of nitriles is 1. The second kappa shape index (κ2) is 12.5. The average Bonchev–Trinajstić information content (AvgIpc) is 3.36. The number of rotatable bonds is 11. The van der Waals surface area contributed by atoms with Crippen LogP contribution in [0.5, 0.6) is 5.88 Å². The topological polar surface area (TPSA) is 125 Å². The molecule has 2 N–H and O–H groups in total. The van der Waals surface area contributed by atoms with E-state index in [1.54, 1.807) is 0 Å². The van der Waals surface area contributed by atoms with Crippen molar-refractivity contribution in [1.29, 1.82) is 5.26 Å². The lowest BCUT2D eigenvalue weighted by Gasteiger charge is -2.27. The molecular formula is C24H27F2N7O3S2. The Morgan fingerprint density at radius 3 is 2.74 bits per heavy atom. The van der Waals surface area contributed by atoms with E-state index in [-0.39, 0.29) is 34.6 Å². The summed E-state index contributed by atoms with van der Waals surface area (Å²) in [6.07, 6.45) is 2.37. The lowest BCUT2D eigenvalue weighted by atomic mass is 10.1. The van der Waals surface area contributed by atoms with Gasteiger partial charge < -0.3 is 14.6 Å². The summed E-state index contributed by atoms with van der Waals surface area (Å²) in [5.41, 5.74) is 1.34. The molecule has 38 heavy (non-hydrogen) atoms. The summed E-state index contributed by atoms with van der Waals surface area (Å²) in [6.45, 7) is 2.10. The molecule has 0 atom stereocenters. The number of anilines is 1. The molecule has 14 heteroatoms. The molecule has 10 nitrogen and oxygen atoms in total. The monoisotopic (exact) mass is 563 g/mol. The minimum absolute atomic E-state index is 0.0209. The predicted molar refractivity (Wildman–Crippen MR) is 139 cm³/mol. The number of aryl methyl sites for hydroxylation is 1. The molecule has 0 unspecified atom stereocenters. The van der Waals surface area contributed by atoms with Gasteiger partial charge in [0.2, 0.25) is 5.88 Å². The average molecular weight is 564 g/mol. The Kier molecular flexibility index (Phi) is 9.16. The van der Waals surface area contributed by atoms with Gasteiger partial charge in [-0.1, -0.05) is 23.9 Å². The van der Waals surface area contributed by atoms with Crippen molar-refractivity contribution in [3.8, 4) is 11.9 Å². The molecule has 4 rings (SSSR count). The van der Waals surface area contributed by atoms with Crippen molar-refractivity contribution < 1.29 is 21.9 Å². The summed E-state index contributed by atoms with van der Waals surface area (Å²) in [4.78, 5) is 8.89. The number of nitrogens with one attached hydrogen (secondary N) is 2. The molecule has 0 bridgehead atoms. The van der Waals surface area contributed by atoms with Crippen LogP contribution in [-0.2, 0) is 28.9 Å². The van der Waals surface area contributed by atoms with Crippen LogP contribution in [0.1, 0.15) is 23.2 Å². The van der Waals surface area contributed by atoms with Crippen molar-refractivity contribution >= 4 is 27.8 Å². The number of halogens is 2. The molecule has 1 saturated heterocycles. The standard InChI is InChI=1S/C24H27F2N7O3S2/c1-36-23-19(15-18-6-3-11-32(18)12-4-8-27)22(31-38(34,35)33-13-9-28-10-14-33)29-24(30-23)37-16-17-5-2-7-20(25)21(17)26/h2-3,5-7,11,28H,4,9-10,12-16H2,1H3,(H,29,30,31). The number of nitrogens with zero attached hydrogens (tertiary/aromatic N) is 5. The van der Waals surface area contributed by atoms with E-state index in [0.29, 0.717) is 44.7 Å². The molecule has 202 valence electrons. The summed E-state index contributed by atoms with van der Waals surface area (Å²) in [5.74, 6) is -1.71. The first-order valence-corrected chi connectivity index (χ1v) is 14.2. The number of hydrogen-bond donors (Lipinski definition) is 2. The van der Waals surface area contributed by atoms with Crippen LogP contribution < -0.4 is 14.8 Å². The Labute approximate surface area is 224 Å². The third-order valence-electron chi connectivity index (χ3n) is 5.92. The minimum Gasteiger partial charge on any atom is -0.481 e. The zero-order valence-corrected chi connectivity index (χ0v) is 22.3. The third kappa shape index (κ3) is 6.60. The van der Waals surface area contributed by atoms with Gasteiger partial charge in [-0.15, -0.1) is 0 Å². The van der Waals surface area contributed by atoms with Crippen molar-refractivity contribution in [3.05, 3.63) is 65.0 Å². The predicted octanol–water partition coefficient (Wildman–Crippen LogP) is 2.92. The molecule has 0 amide bonds. The maximum absolute atomic E-state index is 14.2. The zero-order chi connectivity index (χ0) is 27.1. The molecule has 2 aromatic heterocycles. The maximum atomic E-state index is 14.2. The fraction of sp³-hybridized carbons (Fsp3) is 0.375. The molecule has 0 radical (unpaired) electrons. The van der Waals surface area contributed by atoms with Crippen molar-refractivity contribution in [3.63, 3.8) is 0 Å². The van der Waals surface area contributed by atoms with E-state index >= 15 is 0 Å². The Bertz CT molecular complexity index is 1420. The van der Waals surface area contributed by atoms with Gasteiger partial charge in [0.15, 0.2) is 22.6 Å². The van der Waals surface area contributed by atoms with Crippen molar-refractivity contribution in [2.45, 2.75) is 30.3 Å². The van der Waals surface area contributed by atoms with Gasteiger partial charge in [-0.25, -0.2) is 13.8 Å². The molecule has 3 heterocycles. The van der Waals surface area contributed by atoms with E-state index in [4.69, 9.17) is 10.00 Å². The molecule has 3 aromatic rings. The van der Waals surface area contributed by atoms with E-state index in [2.05, 4.69) is 26.1 Å². The van der Waals surface area contributed by atoms with E-state index < -0.39 is 21.8 Å². The Morgan fingerprint density at radius 1 is 1.21 bits per heavy atom. The van der Waals surface area contributed by atoms with Crippen LogP contribution in [0.15, 0.2) is 41.7 Å². The van der Waals surface area contributed by atoms with Gasteiger partial charge in [0.1, 0.15) is 0 Å². The zero-order valence-electron chi connectivity index (χ0n) is 20.7. The van der Waals surface area contributed by atoms with E-state index in [1.807, 2.05) is 22.9 Å². The summed E-state index contributed by atoms with van der Waals surface area (Å²) in [7, 11) is -2.54. The molecule has 1 aliphatic rings. The highest BCUT2D eigenvalue weighted by Gasteiger charge is 2.27. The normalized spacial score (nSPS) is 14.3. The molecule has 1 aromatic carbocycles. The van der Waals surface area contributed by atoms with Crippen LogP contribution in [0, 0.1) is 23.0 Å². The largest absolute Gasteiger partial charge is 0.481 e.